The van der Waals surface area contributed by atoms with Crippen LogP contribution in [-0.4, -0.2) is 18.6 Å². The first-order valence-electron chi connectivity index (χ1n) is 6.63. The standard InChI is InChI=1S/C15H21N3O/c1-4-18(11-14-6-5-9-19-14)15-8-7-13(10-16-3)12(2)17-15/h5-9,16H,4,10-11H2,1-3H3. The van der Waals surface area contributed by atoms with Gasteiger partial charge in [0.05, 0.1) is 12.8 Å². The lowest BCUT2D eigenvalue weighted by Gasteiger charge is -2.21. The van der Waals surface area contributed by atoms with Gasteiger partial charge in [-0.1, -0.05) is 6.07 Å². The van der Waals surface area contributed by atoms with Crippen molar-refractivity contribution in [1.82, 2.24) is 10.3 Å². The molecule has 0 aliphatic rings. The molecular weight excluding hydrogens is 238 g/mol. The highest BCUT2D eigenvalue weighted by molar-refractivity contribution is 5.41. The van der Waals surface area contributed by atoms with Gasteiger partial charge in [0, 0.05) is 18.8 Å². The van der Waals surface area contributed by atoms with E-state index in [0.29, 0.717) is 0 Å². The van der Waals surface area contributed by atoms with Crippen molar-refractivity contribution >= 4 is 5.82 Å². The molecule has 2 heterocycles. The van der Waals surface area contributed by atoms with E-state index >= 15 is 0 Å². The Morgan fingerprint density at radius 1 is 1.32 bits per heavy atom. The third-order valence-corrected chi connectivity index (χ3v) is 3.18. The van der Waals surface area contributed by atoms with Gasteiger partial charge in [-0.15, -0.1) is 0 Å². The molecule has 0 aliphatic carbocycles. The van der Waals surface area contributed by atoms with Crippen LogP contribution in [0.15, 0.2) is 34.9 Å². The van der Waals surface area contributed by atoms with Gasteiger partial charge >= 0.3 is 0 Å². The van der Waals surface area contributed by atoms with E-state index in [0.717, 1.165) is 36.9 Å². The summed E-state index contributed by atoms with van der Waals surface area (Å²) in [4.78, 5) is 6.89. The van der Waals surface area contributed by atoms with Crippen molar-refractivity contribution in [2.45, 2.75) is 26.9 Å². The molecule has 2 aromatic heterocycles. The quantitative estimate of drug-likeness (QED) is 0.866. The normalized spacial score (nSPS) is 10.7. The fraction of sp³-hybridized carbons (Fsp3) is 0.400. The van der Waals surface area contributed by atoms with Gasteiger partial charge in [0.2, 0.25) is 0 Å². The maximum absolute atomic E-state index is 5.40. The lowest BCUT2D eigenvalue weighted by Crippen LogP contribution is -2.23. The van der Waals surface area contributed by atoms with Crippen LogP contribution in [0.1, 0.15) is 23.9 Å². The molecule has 0 radical (unpaired) electrons. The van der Waals surface area contributed by atoms with Gasteiger partial charge in [-0.25, -0.2) is 4.98 Å². The van der Waals surface area contributed by atoms with E-state index in [1.165, 1.54) is 5.56 Å². The average molecular weight is 259 g/mol. The lowest BCUT2D eigenvalue weighted by molar-refractivity contribution is 0.503. The van der Waals surface area contributed by atoms with Gasteiger partial charge in [0.15, 0.2) is 0 Å². The van der Waals surface area contributed by atoms with E-state index in [-0.39, 0.29) is 0 Å². The molecule has 0 aromatic carbocycles. The van der Waals surface area contributed by atoms with E-state index in [1.807, 2.05) is 19.2 Å². The Bertz CT molecular complexity index is 508. The number of furan rings is 1. The number of nitrogens with one attached hydrogen (secondary N) is 1. The Hall–Kier alpha value is -1.81. The first kappa shape index (κ1) is 13.6. The van der Waals surface area contributed by atoms with Crippen molar-refractivity contribution in [1.29, 1.82) is 0 Å². The predicted molar refractivity (Wildman–Crippen MR) is 77.2 cm³/mol. The van der Waals surface area contributed by atoms with Crippen molar-refractivity contribution < 1.29 is 4.42 Å². The maximum atomic E-state index is 5.40. The predicted octanol–water partition coefficient (Wildman–Crippen LogP) is 2.73. The SMILES string of the molecule is CCN(Cc1ccco1)c1ccc(CNC)c(C)n1. The summed E-state index contributed by atoms with van der Waals surface area (Å²) in [5.74, 6) is 1.96. The van der Waals surface area contributed by atoms with E-state index in [4.69, 9.17) is 4.42 Å². The Morgan fingerprint density at radius 2 is 2.16 bits per heavy atom. The molecule has 19 heavy (non-hydrogen) atoms. The molecular formula is C15H21N3O. The highest BCUT2D eigenvalue weighted by Gasteiger charge is 2.10. The molecule has 0 fully saturated rings. The lowest BCUT2D eigenvalue weighted by atomic mass is 10.2. The van der Waals surface area contributed by atoms with Crippen molar-refractivity contribution in [3.8, 4) is 0 Å². The van der Waals surface area contributed by atoms with Crippen LogP contribution >= 0.6 is 0 Å². The molecule has 0 bridgehead atoms. The fourth-order valence-corrected chi connectivity index (χ4v) is 2.08. The summed E-state index contributed by atoms with van der Waals surface area (Å²) >= 11 is 0. The average Bonchev–Trinajstić information content (AvgIpc) is 2.91. The van der Waals surface area contributed by atoms with Crippen molar-refractivity contribution in [3.63, 3.8) is 0 Å². The molecule has 4 nitrogen and oxygen atoms in total. The number of hydrogen-bond acceptors (Lipinski definition) is 4. The molecule has 4 heteroatoms. The van der Waals surface area contributed by atoms with Crippen molar-refractivity contribution in [3.05, 3.63) is 47.5 Å². The molecule has 0 saturated heterocycles. The zero-order valence-corrected chi connectivity index (χ0v) is 11.8. The van der Waals surface area contributed by atoms with Gasteiger partial charge in [-0.2, -0.15) is 0 Å². The second kappa shape index (κ2) is 6.38. The second-order valence-electron chi connectivity index (χ2n) is 4.54. The Balaban J connectivity index is 2.16. The highest BCUT2D eigenvalue weighted by atomic mass is 16.3. The minimum absolute atomic E-state index is 0.751. The summed E-state index contributed by atoms with van der Waals surface area (Å²) < 4.78 is 5.40. The number of anilines is 1. The van der Waals surface area contributed by atoms with E-state index < -0.39 is 0 Å². The summed E-state index contributed by atoms with van der Waals surface area (Å²) in [6, 6.07) is 8.12. The van der Waals surface area contributed by atoms with Gasteiger partial charge < -0.3 is 14.6 Å². The van der Waals surface area contributed by atoms with Crippen molar-refractivity contribution in [2.24, 2.45) is 0 Å². The number of pyridine rings is 1. The first-order chi connectivity index (χ1) is 9.24. The van der Waals surface area contributed by atoms with Crippen LogP contribution in [0.25, 0.3) is 0 Å². The molecule has 0 saturated carbocycles. The van der Waals surface area contributed by atoms with Crippen LogP contribution in [0.2, 0.25) is 0 Å². The molecule has 2 rings (SSSR count). The smallest absolute Gasteiger partial charge is 0.129 e. The molecule has 0 spiro atoms. The molecule has 2 aromatic rings. The molecule has 1 N–H and O–H groups in total. The number of aryl methyl sites for hydroxylation is 1. The number of hydrogen-bond donors (Lipinski definition) is 1. The number of nitrogens with zero attached hydrogens (tertiary/aromatic N) is 2. The molecule has 0 amide bonds. The van der Waals surface area contributed by atoms with Crippen LogP contribution in [-0.2, 0) is 13.1 Å². The van der Waals surface area contributed by atoms with Crippen LogP contribution < -0.4 is 10.2 Å². The van der Waals surface area contributed by atoms with E-state index in [1.54, 1.807) is 6.26 Å². The Kier molecular flexibility index (Phi) is 4.58. The highest BCUT2D eigenvalue weighted by Crippen LogP contribution is 2.17. The Labute approximate surface area is 114 Å². The van der Waals surface area contributed by atoms with Crippen LogP contribution in [0.5, 0.6) is 0 Å². The second-order valence-corrected chi connectivity index (χ2v) is 4.54. The van der Waals surface area contributed by atoms with Gasteiger partial charge in [-0.3, -0.25) is 0 Å². The molecule has 0 atom stereocenters. The zero-order valence-electron chi connectivity index (χ0n) is 11.8. The Morgan fingerprint density at radius 3 is 2.74 bits per heavy atom. The van der Waals surface area contributed by atoms with E-state index in [2.05, 4.69) is 41.2 Å². The minimum atomic E-state index is 0.751. The fourth-order valence-electron chi connectivity index (χ4n) is 2.08. The molecule has 102 valence electrons. The third-order valence-electron chi connectivity index (χ3n) is 3.18. The summed E-state index contributed by atoms with van der Waals surface area (Å²) in [5, 5.41) is 3.16. The van der Waals surface area contributed by atoms with Gasteiger partial charge in [-0.05, 0) is 44.7 Å². The number of rotatable bonds is 6. The third kappa shape index (κ3) is 3.35. The molecule has 0 unspecified atom stereocenters. The van der Waals surface area contributed by atoms with Crippen LogP contribution in [0.3, 0.4) is 0 Å². The van der Waals surface area contributed by atoms with Gasteiger partial charge in [0.25, 0.3) is 0 Å². The van der Waals surface area contributed by atoms with Crippen molar-refractivity contribution in [2.75, 3.05) is 18.5 Å². The first-order valence-corrected chi connectivity index (χ1v) is 6.63. The van der Waals surface area contributed by atoms with E-state index in [9.17, 15) is 0 Å². The largest absolute Gasteiger partial charge is 0.467 e. The summed E-state index contributed by atoms with van der Waals surface area (Å²) in [5.41, 5.74) is 2.31. The minimum Gasteiger partial charge on any atom is -0.467 e. The summed E-state index contributed by atoms with van der Waals surface area (Å²) in [6.07, 6.45) is 1.71. The van der Waals surface area contributed by atoms with Crippen LogP contribution in [0.4, 0.5) is 5.82 Å². The summed E-state index contributed by atoms with van der Waals surface area (Å²) in [6.45, 7) is 6.68. The zero-order chi connectivity index (χ0) is 13.7. The monoisotopic (exact) mass is 259 g/mol. The topological polar surface area (TPSA) is 41.3 Å². The number of aromatic nitrogens is 1. The van der Waals surface area contributed by atoms with Crippen LogP contribution in [0, 0.1) is 6.92 Å². The molecule has 0 aliphatic heterocycles. The maximum Gasteiger partial charge on any atom is 0.129 e. The summed E-state index contributed by atoms with van der Waals surface area (Å²) in [7, 11) is 1.95. The van der Waals surface area contributed by atoms with Gasteiger partial charge in [0.1, 0.15) is 11.6 Å².